The lowest BCUT2D eigenvalue weighted by atomic mass is 9.83. The molecule has 1 aliphatic heterocycles. The zero-order valence-electron chi connectivity index (χ0n) is 20.4. The quantitative estimate of drug-likeness (QED) is 0.384. The predicted octanol–water partition coefficient (Wildman–Crippen LogP) is 7.41. The topological polar surface area (TPSA) is 41.9 Å². The molecule has 4 rings (SSSR count). The largest absolute Gasteiger partial charge is 0.375 e. The minimum atomic E-state index is -0.189. The molecule has 1 aliphatic rings. The van der Waals surface area contributed by atoms with Gasteiger partial charge in [-0.15, -0.1) is 0 Å². The van der Waals surface area contributed by atoms with E-state index in [0.717, 1.165) is 46.9 Å². The van der Waals surface area contributed by atoms with E-state index in [1.165, 1.54) is 11.1 Å². The Hall–Kier alpha value is -2.72. The van der Waals surface area contributed by atoms with Gasteiger partial charge in [0.2, 0.25) is 0 Å². The molecular weight excluding hydrogens is 428 g/mol. The summed E-state index contributed by atoms with van der Waals surface area (Å²) in [6.07, 6.45) is 4.73. The lowest BCUT2D eigenvalue weighted by Crippen LogP contribution is -2.41. The van der Waals surface area contributed by atoms with E-state index < -0.39 is 0 Å². The van der Waals surface area contributed by atoms with Gasteiger partial charge in [-0.3, -0.25) is 0 Å². The van der Waals surface area contributed by atoms with Crippen molar-refractivity contribution >= 4 is 23.1 Å². The molecule has 0 radical (unpaired) electrons. The van der Waals surface area contributed by atoms with Gasteiger partial charge in [-0.25, -0.2) is 4.68 Å². The highest BCUT2D eigenvalue weighted by Crippen LogP contribution is 2.43. The molecule has 1 unspecified atom stereocenters. The average molecular weight is 463 g/mol. The number of fused-ring (bicyclic) bond motifs is 1. The lowest BCUT2D eigenvalue weighted by molar-refractivity contribution is 0.263. The third-order valence-corrected chi connectivity index (χ3v) is 7.51. The first-order chi connectivity index (χ1) is 15.7. The van der Waals surface area contributed by atoms with Crippen LogP contribution in [0.3, 0.4) is 0 Å². The van der Waals surface area contributed by atoms with E-state index in [4.69, 9.17) is 16.7 Å². The minimum Gasteiger partial charge on any atom is -0.375 e. The second-order valence-corrected chi connectivity index (χ2v) is 10.2. The highest BCUT2D eigenvalue weighted by molar-refractivity contribution is 6.31. The van der Waals surface area contributed by atoms with Crippen molar-refractivity contribution in [2.45, 2.75) is 71.0 Å². The summed E-state index contributed by atoms with van der Waals surface area (Å²) in [7, 11) is 0. The summed E-state index contributed by atoms with van der Waals surface area (Å²) >= 11 is 6.57. The summed E-state index contributed by atoms with van der Waals surface area (Å²) < 4.78 is 2.09. The maximum absolute atomic E-state index is 6.57. The maximum atomic E-state index is 6.57. The molecule has 2 N–H and O–H groups in total. The molecule has 0 aliphatic carbocycles. The van der Waals surface area contributed by atoms with Crippen molar-refractivity contribution in [3.05, 3.63) is 88.6 Å². The number of rotatable bonds is 7. The number of halogens is 1. The van der Waals surface area contributed by atoms with Crippen molar-refractivity contribution in [1.82, 2.24) is 15.1 Å². The normalized spacial score (nSPS) is 17.2. The van der Waals surface area contributed by atoms with Gasteiger partial charge in [0.15, 0.2) is 0 Å². The third-order valence-electron chi connectivity index (χ3n) is 7.16. The van der Waals surface area contributed by atoms with Crippen LogP contribution in [0.1, 0.15) is 75.3 Å². The molecule has 5 heteroatoms. The van der Waals surface area contributed by atoms with Crippen molar-refractivity contribution in [3.8, 4) is 0 Å². The van der Waals surface area contributed by atoms with Crippen LogP contribution in [-0.4, -0.2) is 9.78 Å². The fourth-order valence-electron chi connectivity index (χ4n) is 5.05. The number of hydrogen-bond acceptors (Lipinski definition) is 3. The van der Waals surface area contributed by atoms with E-state index in [1.54, 1.807) is 0 Å². The van der Waals surface area contributed by atoms with Crippen molar-refractivity contribution in [1.29, 1.82) is 0 Å². The second kappa shape index (κ2) is 8.90. The van der Waals surface area contributed by atoms with Gasteiger partial charge >= 0.3 is 0 Å². The van der Waals surface area contributed by atoms with E-state index in [-0.39, 0.29) is 17.1 Å². The van der Waals surface area contributed by atoms with Crippen LogP contribution in [0.2, 0.25) is 5.02 Å². The van der Waals surface area contributed by atoms with Gasteiger partial charge in [0.05, 0.1) is 28.9 Å². The van der Waals surface area contributed by atoms with E-state index in [2.05, 4.69) is 86.8 Å². The summed E-state index contributed by atoms with van der Waals surface area (Å²) in [6, 6.07) is 17.0. The van der Waals surface area contributed by atoms with Gasteiger partial charge in [-0.05, 0) is 57.2 Å². The molecule has 0 fully saturated rings. The monoisotopic (exact) mass is 462 g/mol. The van der Waals surface area contributed by atoms with Crippen LogP contribution in [0, 0.1) is 6.92 Å². The van der Waals surface area contributed by atoms with E-state index in [1.807, 2.05) is 24.4 Å². The first-order valence-corrected chi connectivity index (χ1v) is 12.2. The molecule has 0 saturated heterocycles. The number of aromatic nitrogens is 2. The smallest absolute Gasteiger partial charge is 0.134 e. The van der Waals surface area contributed by atoms with Crippen LogP contribution in [-0.2, 0) is 11.1 Å². The first-order valence-electron chi connectivity index (χ1n) is 11.8. The van der Waals surface area contributed by atoms with Crippen LogP contribution in [0.25, 0.3) is 5.70 Å². The molecule has 33 heavy (non-hydrogen) atoms. The Morgan fingerprint density at radius 2 is 1.85 bits per heavy atom. The van der Waals surface area contributed by atoms with Crippen LogP contribution >= 0.6 is 11.6 Å². The molecule has 2 heterocycles. The van der Waals surface area contributed by atoms with Gasteiger partial charge < -0.3 is 10.6 Å². The molecule has 0 bridgehead atoms. The van der Waals surface area contributed by atoms with Crippen LogP contribution in [0.5, 0.6) is 0 Å². The SMILES string of the molecule is C=C(NC(CC)(CC)c1ccc(C)cc1)c1cnn2c1NC(c1ccccc1Cl)CC2(C)C. The first kappa shape index (κ1) is 23.4. The highest BCUT2D eigenvalue weighted by atomic mass is 35.5. The lowest BCUT2D eigenvalue weighted by Gasteiger charge is -2.39. The molecule has 0 saturated carbocycles. The summed E-state index contributed by atoms with van der Waals surface area (Å²) in [5.74, 6) is 0.985. The number of nitrogens with zero attached hydrogens (tertiary/aromatic N) is 2. The van der Waals surface area contributed by atoms with E-state index in [0.29, 0.717) is 0 Å². The fourth-order valence-corrected chi connectivity index (χ4v) is 5.32. The van der Waals surface area contributed by atoms with Gasteiger partial charge in [-0.1, -0.05) is 80.1 Å². The highest BCUT2D eigenvalue weighted by Gasteiger charge is 2.37. The van der Waals surface area contributed by atoms with Crippen molar-refractivity contribution < 1.29 is 0 Å². The molecule has 2 aromatic carbocycles. The fraction of sp³-hybridized carbons (Fsp3) is 0.393. The predicted molar refractivity (Wildman–Crippen MR) is 140 cm³/mol. The Labute approximate surface area is 203 Å². The molecule has 174 valence electrons. The molecule has 0 amide bonds. The Morgan fingerprint density at radius 1 is 1.18 bits per heavy atom. The zero-order chi connectivity index (χ0) is 23.8. The van der Waals surface area contributed by atoms with Crippen molar-refractivity contribution in [3.63, 3.8) is 0 Å². The number of aryl methyl sites for hydroxylation is 1. The molecular formula is C28H35ClN4. The van der Waals surface area contributed by atoms with Crippen LogP contribution in [0.4, 0.5) is 5.82 Å². The Morgan fingerprint density at radius 3 is 2.48 bits per heavy atom. The molecule has 4 nitrogen and oxygen atoms in total. The molecule has 1 aromatic heterocycles. The molecule has 3 aromatic rings. The van der Waals surface area contributed by atoms with E-state index in [9.17, 15) is 0 Å². The van der Waals surface area contributed by atoms with E-state index >= 15 is 0 Å². The van der Waals surface area contributed by atoms with Gasteiger partial charge in [-0.2, -0.15) is 5.10 Å². The number of nitrogens with one attached hydrogen (secondary N) is 2. The Kier molecular flexibility index (Phi) is 6.32. The van der Waals surface area contributed by atoms with Gasteiger partial charge in [0.1, 0.15) is 5.82 Å². The average Bonchev–Trinajstić information content (AvgIpc) is 3.23. The van der Waals surface area contributed by atoms with Crippen molar-refractivity contribution in [2.24, 2.45) is 0 Å². The number of anilines is 1. The standard InChI is InChI=1S/C28H35ClN4/c1-7-28(8-2,21-15-13-19(3)14-16-21)32-20(4)23-18-30-33-26(23)31-25(17-27(33,5)6)22-11-9-10-12-24(22)29/h9-16,18,25,31-32H,4,7-8,17H2,1-3,5-6H3. The third kappa shape index (κ3) is 4.29. The summed E-state index contributed by atoms with van der Waals surface area (Å²) in [5.41, 5.74) is 5.18. The number of hydrogen-bond donors (Lipinski definition) is 2. The maximum Gasteiger partial charge on any atom is 0.134 e. The summed E-state index contributed by atoms with van der Waals surface area (Å²) in [5, 5.41) is 13.1. The van der Waals surface area contributed by atoms with Crippen LogP contribution in [0.15, 0.2) is 61.3 Å². The number of benzene rings is 2. The summed E-state index contributed by atoms with van der Waals surface area (Å²) in [6.45, 7) is 15.5. The van der Waals surface area contributed by atoms with Crippen molar-refractivity contribution in [2.75, 3.05) is 5.32 Å². The summed E-state index contributed by atoms with van der Waals surface area (Å²) in [4.78, 5) is 0. The second-order valence-electron chi connectivity index (χ2n) is 9.81. The molecule has 0 spiro atoms. The Bertz CT molecular complexity index is 1140. The minimum absolute atomic E-state index is 0.101. The van der Waals surface area contributed by atoms with Gasteiger partial charge in [0.25, 0.3) is 0 Å². The Balaban J connectivity index is 1.69. The van der Waals surface area contributed by atoms with Crippen LogP contribution < -0.4 is 10.6 Å². The molecule has 1 atom stereocenters. The van der Waals surface area contributed by atoms with Gasteiger partial charge in [0, 0.05) is 10.7 Å². The zero-order valence-corrected chi connectivity index (χ0v) is 21.1.